The van der Waals surface area contributed by atoms with E-state index in [0.29, 0.717) is 12.3 Å². The van der Waals surface area contributed by atoms with E-state index in [1.807, 2.05) is 0 Å². The lowest BCUT2D eigenvalue weighted by Crippen LogP contribution is -2.32. The number of nitrogens with one attached hydrogen (secondary N) is 1. The van der Waals surface area contributed by atoms with Crippen LogP contribution in [0.15, 0.2) is 24.3 Å². The molecule has 0 aliphatic carbocycles. The van der Waals surface area contributed by atoms with Gasteiger partial charge in [0.25, 0.3) is 0 Å². The summed E-state index contributed by atoms with van der Waals surface area (Å²) in [6, 6.07) is 6.27. The first-order valence-electron chi connectivity index (χ1n) is 6.38. The van der Waals surface area contributed by atoms with Gasteiger partial charge >= 0.3 is 0 Å². The van der Waals surface area contributed by atoms with Gasteiger partial charge in [-0.15, -0.1) is 0 Å². The lowest BCUT2D eigenvalue weighted by molar-refractivity contribution is -0.117. The first-order valence-corrected chi connectivity index (χ1v) is 6.38. The highest BCUT2D eigenvalue weighted by molar-refractivity contribution is 5.90. The summed E-state index contributed by atoms with van der Waals surface area (Å²) in [6.45, 7) is 2.08. The Kier molecular flexibility index (Phi) is 4.31. The smallest absolute Gasteiger partial charge is 0.224 e. The molecule has 1 aromatic rings. The second kappa shape index (κ2) is 5.96. The summed E-state index contributed by atoms with van der Waals surface area (Å²) in [4.78, 5) is 14.1. The van der Waals surface area contributed by atoms with Crippen LogP contribution in [0.3, 0.4) is 0 Å². The lowest BCUT2D eigenvalue weighted by atomic mass is 9.93. The van der Waals surface area contributed by atoms with Gasteiger partial charge in [0.1, 0.15) is 5.82 Å². The molecule has 3 nitrogen and oxygen atoms in total. The number of likely N-dealkylation sites (tertiary alicyclic amines) is 1. The van der Waals surface area contributed by atoms with Gasteiger partial charge in [0.2, 0.25) is 5.91 Å². The second-order valence-electron chi connectivity index (χ2n) is 4.98. The summed E-state index contributed by atoms with van der Waals surface area (Å²) in [5.74, 6) is -0.0446. The van der Waals surface area contributed by atoms with Crippen molar-refractivity contribution in [3.8, 4) is 0 Å². The minimum Gasteiger partial charge on any atom is -0.324 e. The lowest BCUT2D eigenvalue weighted by Gasteiger charge is -2.28. The van der Waals surface area contributed by atoms with Crippen LogP contribution in [0, 0.1) is 11.7 Å². The largest absolute Gasteiger partial charge is 0.324 e. The van der Waals surface area contributed by atoms with Crippen molar-refractivity contribution in [3.63, 3.8) is 0 Å². The Morgan fingerprint density at radius 1 is 1.39 bits per heavy atom. The summed E-state index contributed by atoms with van der Waals surface area (Å²) in [7, 11) is 2.09. The van der Waals surface area contributed by atoms with Gasteiger partial charge in [-0.25, -0.2) is 4.39 Å². The predicted molar refractivity (Wildman–Crippen MR) is 69.9 cm³/mol. The Balaban J connectivity index is 1.84. The highest BCUT2D eigenvalue weighted by atomic mass is 19.1. The number of halogens is 1. The van der Waals surface area contributed by atoms with Crippen molar-refractivity contribution in [2.24, 2.45) is 5.92 Å². The number of benzene rings is 1. The number of nitrogens with zero attached hydrogens (tertiary/aromatic N) is 1. The fraction of sp³-hybridized carbons (Fsp3) is 0.500. The van der Waals surface area contributed by atoms with E-state index < -0.39 is 0 Å². The minimum atomic E-state index is -0.380. The molecule has 1 fully saturated rings. The molecule has 1 heterocycles. The molecular formula is C14H19FN2O. The molecule has 1 aromatic carbocycles. The zero-order chi connectivity index (χ0) is 13.0. The van der Waals surface area contributed by atoms with Crippen LogP contribution in [0.1, 0.15) is 19.3 Å². The fourth-order valence-corrected chi connectivity index (χ4v) is 2.29. The standard InChI is InChI=1S/C14H19FN2O/c1-17-8-6-11(7-9-17)10-14(18)16-13-5-3-2-4-12(13)15/h2-5,11H,6-10H2,1H3,(H,16,18). The average Bonchev–Trinajstić information content (AvgIpc) is 2.35. The van der Waals surface area contributed by atoms with E-state index in [4.69, 9.17) is 0 Å². The predicted octanol–water partition coefficient (Wildman–Crippen LogP) is 2.50. The first kappa shape index (κ1) is 13.0. The maximum Gasteiger partial charge on any atom is 0.224 e. The van der Waals surface area contributed by atoms with E-state index in [0.717, 1.165) is 25.9 Å². The molecule has 2 rings (SSSR count). The van der Waals surface area contributed by atoms with E-state index in [9.17, 15) is 9.18 Å². The van der Waals surface area contributed by atoms with Gasteiger partial charge in [0.15, 0.2) is 0 Å². The van der Waals surface area contributed by atoms with Crippen molar-refractivity contribution in [1.82, 2.24) is 4.90 Å². The highest BCUT2D eigenvalue weighted by Crippen LogP contribution is 2.20. The van der Waals surface area contributed by atoms with Gasteiger partial charge in [-0.05, 0) is 51.0 Å². The molecule has 1 N–H and O–H groups in total. The zero-order valence-electron chi connectivity index (χ0n) is 10.7. The molecule has 18 heavy (non-hydrogen) atoms. The highest BCUT2D eigenvalue weighted by Gasteiger charge is 2.19. The van der Waals surface area contributed by atoms with E-state index in [-0.39, 0.29) is 17.4 Å². The number of piperidine rings is 1. The number of amides is 1. The van der Waals surface area contributed by atoms with Crippen molar-refractivity contribution in [2.45, 2.75) is 19.3 Å². The quantitative estimate of drug-likeness (QED) is 0.894. The number of para-hydroxylation sites is 1. The molecule has 1 amide bonds. The zero-order valence-corrected chi connectivity index (χ0v) is 10.7. The van der Waals surface area contributed by atoms with Gasteiger partial charge in [-0.2, -0.15) is 0 Å². The summed E-state index contributed by atoms with van der Waals surface area (Å²) in [6.07, 6.45) is 2.57. The third kappa shape index (κ3) is 3.53. The van der Waals surface area contributed by atoms with Crippen molar-refractivity contribution in [2.75, 3.05) is 25.5 Å². The Morgan fingerprint density at radius 3 is 2.72 bits per heavy atom. The number of rotatable bonds is 3. The van der Waals surface area contributed by atoms with Gasteiger partial charge in [-0.1, -0.05) is 12.1 Å². The molecule has 98 valence electrons. The van der Waals surface area contributed by atoms with E-state index in [1.54, 1.807) is 18.2 Å². The average molecular weight is 250 g/mol. The molecule has 0 spiro atoms. The number of hydrogen-bond donors (Lipinski definition) is 1. The topological polar surface area (TPSA) is 32.3 Å². The maximum absolute atomic E-state index is 13.4. The molecule has 1 aliphatic heterocycles. The Bertz CT molecular complexity index is 414. The third-order valence-electron chi connectivity index (χ3n) is 3.46. The van der Waals surface area contributed by atoms with Crippen LogP contribution in [-0.4, -0.2) is 30.9 Å². The van der Waals surface area contributed by atoms with Crippen LogP contribution in [0.5, 0.6) is 0 Å². The minimum absolute atomic E-state index is 0.0883. The van der Waals surface area contributed by atoms with Gasteiger partial charge in [-0.3, -0.25) is 4.79 Å². The molecule has 4 heteroatoms. The first-order chi connectivity index (χ1) is 8.65. The van der Waals surface area contributed by atoms with Gasteiger partial charge in [0, 0.05) is 6.42 Å². The third-order valence-corrected chi connectivity index (χ3v) is 3.46. The van der Waals surface area contributed by atoms with Crippen LogP contribution in [0.25, 0.3) is 0 Å². The Hall–Kier alpha value is -1.42. The molecule has 1 aliphatic rings. The SMILES string of the molecule is CN1CCC(CC(=O)Nc2ccccc2F)CC1. The summed E-state index contributed by atoms with van der Waals surface area (Å²) in [5.41, 5.74) is 0.274. The number of carbonyl (C=O) groups excluding carboxylic acids is 1. The number of anilines is 1. The molecule has 1 saturated heterocycles. The Labute approximate surface area is 107 Å². The monoisotopic (exact) mass is 250 g/mol. The van der Waals surface area contributed by atoms with E-state index >= 15 is 0 Å². The normalized spacial score (nSPS) is 17.7. The van der Waals surface area contributed by atoms with Crippen molar-refractivity contribution < 1.29 is 9.18 Å². The second-order valence-corrected chi connectivity index (χ2v) is 4.98. The molecule has 0 aromatic heterocycles. The van der Waals surface area contributed by atoms with Crippen molar-refractivity contribution in [1.29, 1.82) is 0 Å². The molecule has 0 radical (unpaired) electrons. The number of hydrogen-bond acceptors (Lipinski definition) is 2. The summed E-state index contributed by atoms with van der Waals surface area (Å²) in [5, 5.41) is 2.64. The summed E-state index contributed by atoms with van der Waals surface area (Å²) >= 11 is 0. The van der Waals surface area contributed by atoms with Crippen molar-refractivity contribution >= 4 is 11.6 Å². The van der Waals surface area contributed by atoms with Crippen molar-refractivity contribution in [3.05, 3.63) is 30.1 Å². The van der Waals surface area contributed by atoms with Crippen LogP contribution in [0.2, 0.25) is 0 Å². The Morgan fingerprint density at radius 2 is 2.06 bits per heavy atom. The van der Waals surface area contributed by atoms with E-state index in [2.05, 4.69) is 17.3 Å². The molecule has 0 saturated carbocycles. The fourth-order valence-electron chi connectivity index (χ4n) is 2.29. The van der Waals surface area contributed by atoms with Gasteiger partial charge in [0.05, 0.1) is 5.69 Å². The summed E-state index contributed by atoms with van der Waals surface area (Å²) < 4.78 is 13.4. The van der Waals surface area contributed by atoms with Crippen LogP contribution in [-0.2, 0) is 4.79 Å². The van der Waals surface area contributed by atoms with E-state index in [1.165, 1.54) is 6.07 Å². The van der Waals surface area contributed by atoms with Gasteiger partial charge < -0.3 is 10.2 Å². The molecule has 0 atom stereocenters. The molecule has 0 unspecified atom stereocenters. The van der Waals surface area contributed by atoms with Crippen LogP contribution >= 0.6 is 0 Å². The number of carbonyl (C=O) groups is 1. The maximum atomic E-state index is 13.4. The van der Waals surface area contributed by atoms with Crippen LogP contribution < -0.4 is 5.32 Å². The van der Waals surface area contributed by atoms with Crippen LogP contribution in [0.4, 0.5) is 10.1 Å². The molecule has 0 bridgehead atoms. The molecular weight excluding hydrogens is 231 g/mol.